The second kappa shape index (κ2) is 8.56. The standard InChI is InChI=1S/C20H16FN5O2S2/c1-12(26-18(24-25-20(26)29)16-3-2-10-30-16)19(27)23-14-6-9-17(22-11-14)28-15-7-4-13(21)5-8-15/h2-12H,1H3,(H,23,27)(H,25,29). The quantitative estimate of drug-likeness (QED) is 0.402. The van der Waals surface area contributed by atoms with Gasteiger partial charge < -0.3 is 10.1 Å². The van der Waals surface area contributed by atoms with Gasteiger partial charge in [0.1, 0.15) is 17.6 Å². The number of rotatable bonds is 6. The van der Waals surface area contributed by atoms with E-state index < -0.39 is 6.04 Å². The highest BCUT2D eigenvalue weighted by Crippen LogP contribution is 2.26. The normalized spacial score (nSPS) is 11.8. The smallest absolute Gasteiger partial charge is 0.247 e. The minimum atomic E-state index is -0.594. The molecule has 3 aromatic heterocycles. The lowest BCUT2D eigenvalue weighted by Crippen LogP contribution is -2.24. The van der Waals surface area contributed by atoms with Crippen LogP contribution < -0.4 is 10.1 Å². The van der Waals surface area contributed by atoms with Crippen molar-refractivity contribution in [2.24, 2.45) is 0 Å². The number of carbonyl (C=O) groups is 1. The molecule has 0 saturated carbocycles. The largest absolute Gasteiger partial charge is 0.439 e. The van der Waals surface area contributed by atoms with Crippen LogP contribution in [-0.4, -0.2) is 25.7 Å². The third-order valence-electron chi connectivity index (χ3n) is 4.25. The molecule has 0 radical (unpaired) electrons. The Morgan fingerprint density at radius 1 is 1.27 bits per heavy atom. The van der Waals surface area contributed by atoms with Crippen LogP contribution in [0.4, 0.5) is 10.1 Å². The predicted molar refractivity (Wildman–Crippen MR) is 115 cm³/mol. The molecule has 4 aromatic rings. The van der Waals surface area contributed by atoms with E-state index >= 15 is 0 Å². The van der Waals surface area contributed by atoms with Crippen molar-refractivity contribution in [2.75, 3.05) is 5.32 Å². The van der Waals surface area contributed by atoms with Gasteiger partial charge in [0.25, 0.3) is 0 Å². The average Bonchev–Trinajstić information content (AvgIpc) is 3.40. The number of carbonyl (C=O) groups excluding carboxylic acids is 1. The maximum Gasteiger partial charge on any atom is 0.247 e. The van der Waals surface area contributed by atoms with Gasteiger partial charge >= 0.3 is 0 Å². The molecule has 4 rings (SSSR count). The van der Waals surface area contributed by atoms with E-state index in [4.69, 9.17) is 17.0 Å². The number of aromatic nitrogens is 4. The number of nitrogens with zero attached hydrogens (tertiary/aromatic N) is 3. The Bertz CT molecular complexity index is 1200. The van der Waals surface area contributed by atoms with E-state index in [9.17, 15) is 9.18 Å². The van der Waals surface area contributed by atoms with Crippen molar-refractivity contribution in [3.63, 3.8) is 0 Å². The molecule has 0 saturated heterocycles. The fraction of sp³-hybridized carbons (Fsp3) is 0.100. The van der Waals surface area contributed by atoms with Gasteiger partial charge in [-0.05, 0) is 60.9 Å². The molecule has 1 amide bonds. The number of aromatic amines is 1. The molecule has 0 fully saturated rings. The number of hydrogen-bond acceptors (Lipinski definition) is 6. The Kier molecular flexibility index (Phi) is 5.68. The number of halogens is 1. The lowest BCUT2D eigenvalue weighted by atomic mass is 10.2. The van der Waals surface area contributed by atoms with Crippen LogP contribution in [-0.2, 0) is 4.79 Å². The van der Waals surface area contributed by atoms with Crippen molar-refractivity contribution in [1.82, 2.24) is 19.7 Å². The van der Waals surface area contributed by atoms with E-state index in [2.05, 4.69) is 20.5 Å². The number of H-pyrrole nitrogens is 1. The Balaban J connectivity index is 1.46. The number of benzene rings is 1. The van der Waals surface area contributed by atoms with Gasteiger partial charge in [0.05, 0.1) is 16.8 Å². The maximum absolute atomic E-state index is 13.0. The molecular weight excluding hydrogens is 425 g/mol. The molecule has 0 aliphatic rings. The fourth-order valence-corrected chi connectivity index (χ4v) is 3.75. The number of hydrogen-bond donors (Lipinski definition) is 2. The summed E-state index contributed by atoms with van der Waals surface area (Å²) in [5.41, 5.74) is 0.506. The van der Waals surface area contributed by atoms with Gasteiger partial charge in [-0.15, -0.1) is 11.3 Å². The molecule has 152 valence electrons. The van der Waals surface area contributed by atoms with Crippen LogP contribution in [0, 0.1) is 10.6 Å². The number of thiophene rings is 1. The topological polar surface area (TPSA) is 84.8 Å². The minimum absolute atomic E-state index is 0.265. The van der Waals surface area contributed by atoms with Crippen molar-refractivity contribution in [3.8, 4) is 22.3 Å². The zero-order chi connectivity index (χ0) is 21.1. The second-order valence-electron chi connectivity index (χ2n) is 6.31. The van der Waals surface area contributed by atoms with Crippen LogP contribution in [0.3, 0.4) is 0 Å². The monoisotopic (exact) mass is 441 g/mol. The molecule has 10 heteroatoms. The highest BCUT2D eigenvalue weighted by molar-refractivity contribution is 7.71. The van der Waals surface area contributed by atoms with E-state index in [1.807, 2.05) is 17.5 Å². The van der Waals surface area contributed by atoms with Crippen LogP contribution in [0.2, 0.25) is 0 Å². The molecular formula is C20H16FN5O2S2. The molecule has 3 heterocycles. The molecule has 1 unspecified atom stereocenters. The van der Waals surface area contributed by atoms with Crippen molar-refractivity contribution in [1.29, 1.82) is 0 Å². The molecule has 7 nitrogen and oxygen atoms in total. The van der Waals surface area contributed by atoms with Crippen LogP contribution in [0.15, 0.2) is 60.1 Å². The molecule has 0 bridgehead atoms. The van der Waals surface area contributed by atoms with Gasteiger partial charge in [-0.3, -0.25) is 14.5 Å². The summed E-state index contributed by atoms with van der Waals surface area (Å²) in [4.78, 5) is 17.9. The molecule has 30 heavy (non-hydrogen) atoms. The molecule has 1 aromatic carbocycles. The summed E-state index contributed by atoms with van der Waals surface area (Å²) in [7, 11) is 0. The summed E-state index contributed by atoms with van der Waals surface area (Å²) in [5.74, 6) is 0.787. The molecule has 0 spiro atoms. The summed E-state index contributed by atoms with van der Waals surface area (Å²) in [6, 6.07) is 12.1. The van der Waals surface area contributed by atoms with E-state index in [0.717, 1.165) is 4.88 Å². The van der Waals surface area contributed by atoms with Crippen molar-refractivity contribution in [2.45, 2.75) is 13.0 Å². The Labute approximate surface area is 180 Å². The summed E-state index contributed by atoms with van der Waals surface area (Å²) < 4.78 is 20.6. The average molecular weight is 442 g/mol. The number of ether oxygens (including phenoxy) is 1. The van der Waals surface area contributed by atoms with Crippen LogP contribution >= 0.6 is 23.6 Å². The fourth-order valence-electron chi connectivity index (χ4n) is 2.75. The summed E-state index contributed by atoms with van der Waals surface area (Å²) >= 11 is 6.82. The first-order chi connectivity index (χ1) is 14.5. The summed E-state index contributed by atoms with van der Waals surface area (Å²) in [6.07, 6.45) is 1.48. The highest BCUT2D eigenvalue weighted by Gasteiger charge is 2.21. The first kappa shape index (κ1) is 19.9. The van der Waals surface area contributed by atoms with Gasteiger partial charge in [-0.1, -0.05) is 6.07 Å². The molecule has 1 atom stereocenters. The van der Waals surface area contributed by atoms with Crippen molar-refractivity contribution in [3.05, 3.63) is 70.7 Å². The number of anilines is 1. The number of amides is 1. The third-order valence-corrected chi connectivity index (χ3v) is 5.41. The minimum Gasteiger partial charge on any atom is -0.439 e. The molecule has 2 N–H and O–H groups in total. The lowest BCUT2D eigenvalue weighted by Gasteiger charge is -2.15. The number of pyridine rings is 1. The predicted octanol–water partition coefficient (Wildman–Crippen LogP) is 5.20. The zero-order valence-corrected chi connectivity index (χ0v) is 17.3. The highest BCUT2D eigenvalue weighted by atomic mass is 32.1. The Morgan fingerprint density at radius 3 is 2.73 bits per heavy atom. The molecule has 0 aliphatic heterocycles. The van der Waals surface area contributed by atoms with Gasteiger partial charge in [-0.2, -0.15) is 5.10 Å². The first-order valence-electron chi connectivity index (χ1n) is 8.92. The SMILES string of the molecule is CC(C(=O)Nc1ccc(Oc2ccc(F)cc2)nc1)n1c(-c2cccs2)n[nH]c1=S. The van der Waals surface area contributed by atoms with E-state index in [0.29, 0.717) is 27.9 Å². The van der Waals surface area contributed by atoms with Crippen molar-refractivity contribution >= 4 is 35.1 Å². The van der Waals surface area contributed by atoms with E-state index in [-0.39, 0.29) is 11.7 Å². The maximum atomic E-state index is 13.0. The van der Waals surface area contributed by atoms with E-state index in [1.165, 1.54) is 41.8 Å². The van der Waals surface area contributed by atoms with Crippen molar-refractivity contribution < 1.29 is 13.9 Å². The van der Waals surface area contributed by atoms with Gasteiger partial charge in [0, 0.05) is 6.07 Å². The van der Waals surface area contributed by atoms with E-state index in [1.54, 1.807) is 23.6 Å². The number of nitrogens with one attached hydrogen (secondary N) is 2. The van der Waals surface area contributed by atoms with Gasteiger partial charge in [0.15, 0.2) is 10.6 Å². The molecule has 0 aliphatic carbocycles. The van der Waals surface area contributed by atoms with Gasteiger partial charge in [-0.25, -0.2) is 9.37 Å². The summed E-state index contributed by atoms with van der Waals surface area (Å²) in [5, 5.41) is 11.7. The summed E-state index contributed by atoms with van der Waals surface area (Å²) in [6.45, 7) is 1.75. The lowest BCUT2D eigenvalue weighted by molar-refractivity contribution is -0.118. The van der Waals surface area contributed by atoms with Crippen LogP contribution in [0.25, 0.3) is 10.7 Å². The Morgan fingerprint density at radius 2 is 2.07 bits per heavy atom. The van der Waals surface area contributed by atoms with Gasteiger partial charge in [0.2, 0.25) is 11.8 Å². The van der Waals surface area contributed by atoms with Crippen LogP contribution in [0.5, 0.6) is 11.6 Å². The second-order valence-corrected chi connectivity index (χ2v) is 7.64. The van der Waals surface area contributed by atoms with Crippen LogP contribution in [0.1, 0.15) is 13.0 Å². The Hall–Kier alpha value is -3.37. The third kappa shape index (κ3) is 4.29. The zero-order valence-electron chi connectivity index (χ0n) is 15.7. The first-order valence-corrected chi connectivity index (χ1v) is 10.2.